The van der Waals surface area contributed by atoms with Crippen LogP contribution in [0.5, 0.6) is 0 Å². The number of halogens is 1. The number of carbonyl (C=O) groups excluding carboxylic acids is 2. The number of Topliss-reactive ketones (excluding diaryl/α,β-unsaturated/α-hetero) is 2. The first-order valence-electron chi connectivity index (χ1n) is 8.78. The van der Waals surface area contributed by atoms with E-state index in [2.05, 4.69) is 10.3 Å². The highest BCUT2D eigenvalue weighted by atomic mass is 35.5. The van der Waals surface area contributed by atoms with Crippen molar-refractivity contribution in [2.45, 2.75) is 13.0 Å². The third-order valence-electron chi connectivity index (χ3n) is 5.09. The maximum atomic E-state index is 12.4. The second-order valence-corrected chi connectivity index (χ2v) is 7.23. The highest BCUT2D eigenvalue weighted by Gasteiger charge is 2.39. The molecule has 1 aromatic heterocycles. The minimum absolute atomic E-state index is 0.165. The minimum Gasteiger partial charge on any atom is -0.489 e. The van der Waals surface area contributed by atoms with Crippen LogP contribution in [0.1, 0.15) is 33.1 Å². The molecule has 0 spiro atoms. The van der Waals surface area contributed by atoms with Gasteiger partial charge in [-0.1, -0.05) is 64.8 Å². The van der Waals surface area contributed by atoms with Gasteiger partial charge in [0.1, 0.15) is 29.1 Å². The van der Waals surface area contributed by atoms with Crippen LogP contribution in [-0.4, -0.2) is 33.2 Å². The predicted octanol–water partition coefficient (Wildman–Crippen LogP) is 3.55. The summed E-state index contributed by atoms with van der Waals surface area (Å²) in [6.45, 7) is 2.26. The first-order valence-corrected chi connectivity index (χ1v) is 9.16. The van der Waals surface area contributed by atoms with E-state index in [1.54, 1.807) is 16.8 Å². The molecule has 0 amide bonds. The van der Waals surface area contributed by atoms with Crippen LogP contribution in [0.3, 0.4) is 0 Å². The molecule has 7 heteroatoms. The molecule has 0 bridgehead atoms. The zero-order valence-corrected chi connectivity index (χ0v) is 15.6. The molecule has 0 radical (unpaired) electrons. The van der Waals surface area contributed by atoms with E-state index in [0.717, 1.165) is 16.8 Å². The molecule has 5 rings (SSSR count). The van der Waals surface area contributed by atoms with Gasteiger partial charge in [0.25, 0.3) is 0 Å². The molecule has 0 fully saturated rings. The third-order valence-corrected chi connectivity index (χ3v) is 5.44. The predicted molar refractivity (Wildman–Crippen MR) is 103 cm³/mol. The first-order chi connectivity index (χ1) is 13.5. The smallest absolute Gasteiger partial charge is 0.248 e. The van der Waals surface area contributed by atoms with Gasteiger partial charge in [0.05, 0.1) is 6.20 Å². The highest BCUT2D eigenvalue weighted by molar-refractivity contribution is 6.64. The lowest BCUT2D eigenvalue weighted by atomic mass is 9.86. The summed E-state index contributed by atoms with van der Waals surface area (Å²) in [4.78, 5) is 24.4. The zero-order chi connectivity index (χ0) is 19.4. The summed E-state index contributed by atoms with van der Waals surface area (Å²) in [5, 5.41) is 8.39. The van der Waals surface area contributed by atoms with Crippen molar-refractivity contribution in [3.63, 3.8) is 0 Å². The number of aromatic nitrogens is 3. The Bertz CT molecular complexity index is 1180. The van der Waals surface area contributed by atoms with Gasteiger partial charge in [-0.3, -0.25) is 9.59 Å². The molecule has 0 saturated carbocycles. The van der Waals surface area contributed by atoms with Crippen LogP contribution >= 0.6 is 11.6 Å². The van der Waals surface area contributed by atoms with Gasteiger partial charge in [0, 0.05) is 16.7 Å². The molecule has 1 aliphatic carbocycles. The van der Waals surface area contributed by atoms with E-state index in [1.165, 1.54) is 5.56 Å². The van der Waals surface area contributed by atoms with E-state index in [9.17, 15) is 9.59 Å². The first kappa shape index (κ1) is 16.9. The number of aryl methyl sites for hydroxylation is 1. The van der Waals surface area contributed by atoms with Gasteiger partial charge in [-0.2, -0.15) is 0 Å². The van der Waals surface area contributed by atoms with Crippen LogP contribution in [0.15, 0.2) is 53.7 Å². The average Bonchev–Trinajstić information content (AvgIpc) is 3.20. The minimum atomic E-state index is -0.734. The zero-order valence-electron chi connectivity index (χ0n) is 14.8. The summed E-state index contributed by atoms with van der Waals surface area (Å²) in [5.74, 6) is -1.08. The summed E-state index contributed by atoms with van der Waals surface area (Å²) in [5.41, 5.74) is 4.59. The molecule has 2 aromatic carbocycles. The van der Waals surface area contributed by atoms with Crippen LogP contribution in [0.4, 0.5) is 0 Å². The number of benzene rings is 2. The SMILES string of the molecule is Cc1ccc(-c2cn(C3COC4=C(Cl)C(=O)C(=O)c5cccc3c54)nn2)cc1. The number of ether oxygens (including phenoxy) is 1. The Balaban J connectivity index is 1.60. The lowest BCUT2D eigenvalue weighted by molar-refractivity contribution is -0.111. The quantitative estimate of drug-likeness (QED) is 0.624. The second kappa shape index (κ2) is 6.14. The van der Waals surface area contributed by atoms with Gasteiger partial charge in [-0.25, -0.2) is 4.68 Å². The monoisotopic (exact) mass is 391 g/mol. The molecule has 2 aliphatic rings. The number of carbonyl (C=O) groups is 2. The lowest BCUT2D eigenvalue weighted by Gasteiger charge is -2.31. The van der Waals surface area contributed by atoms with E-state index < -0.39 is 11.6 Å². The molecule has 6 nitrogen and oxygen atoms in total. The van der Waals surface area contributed by atoms with Crippen molar-refractivity contribution < 1.29 is 14.3 Å². The van der Waals surface area contributed by atoms with Crippen LogP contribution < -0.4 is 0 Å². The average molecular weight is 392 g/mol. The molecule has 1 aliphatic heterocycles. The number of hydrogen-bond acceptors (Lipinski definition) is 5. The summed E-state index contributed by atoms with van der Waals surface area (Å²) in [6.07, 6.45) is 1.85. The van der Waals surface area contributed by atoms with Crippen molar-refractivity contribution in [2.24, 2.45) is 0 Å². The summed E-state index contributed by atoms with van der Waals surface area (Å²) >= 11 is 6.10. The topological polar surface area (TPSA) is 74.1 Å². The van der Waals surface area contributed by atoms with Crippen molar-refractivity contribution in [2.75, 3.05) is 6.61 Å². The van der Waals surface area contributed by atoms with Crippen molar-refractivity contribution in [1.29, 1.82) is 0 Å². The largest absolute Gasteiger partial charge is 0.489 e. The van der Waals surface area contributed by atoms with E-state index in [4.69, 9.17) is 16.3 Å². The van der Waals surface area contributed by atoms with Crippen LogP contribution in [0.25, 0.3) is 17.0 Å². The van der Waals surface area contributed by atoms with Crippen molar-refractivity contribution in [3.05, 3.63) is 75.9 Å². The third kappa shape index (κ3) is 2.42. The summed E-state index contributed by atoms with van der Waals surface area (Å²) in [6, 6.07) is 13.0. The van der Waals surface area contributed by atoms with Gasteiger partial charge in [0.2, 0.25) is 11.6 Å². The summed E-state index contributed by atoms with van der Waals surface area (Å²) in [7, 11) is 0. The van der Waals surface area contributed by atoms with Crippen molar-refractivity contribution in [3.8, 4) is 11.3 Å². The molecule has 0 saturated heterocycles. The van der Waals surface area contributed by atoms with Crippen LogP contribution in [0, 0.1) is 6.92 Å². The number of allylic oxidation sites excluding steroid dienone is 1. The molecule has 1 atom stereocenters. The van der Waals surface area contributed by atoms with Crippen molar-refractivity contribution >= 4 is 28.9 Å². The van der Waals surface area contributed by atoms with E-state index >= 15 is 0 Å². The fraction of sp³-hybridized carbons (Fsp3) is 0.143. The maximum absolute atomic E-state index is 12.4. The Hall–Kier alpha value is -3.25. The fourth-order valence-electron chi connectivity index (χ4n) is 3.62. The van der Waals surface area contributed by atoms with Gasteiger partial charge < -0.3 is 4.74 Å². The van der Waals surface area contributed by atoms with Crippen LogP contribution in [-0.2, 0) is 9.53 Å². The van der Waals surface area contributed by atoms with Gasteiger partial charge in [-0.05, 0) is 12.5 Å². The number of nitrogens with zero attached hydrogens (tertiary/aromatic N) is 3. The number of ketones is 2. The van der Waals surface area contributed by atoms with Gasteiger partial charge in [0.15, 0.2) is 0 Å². The molecule has 28 heavy (non-hydrogen) atoms. The fourth-order valence-corrected chi connectivity index (χ4v) is 3.85. The maximum Gasteiger partial charge on any atom is 0.248 e. The Morgan fingerprint density at radius 3 is 2.68 bits per heavy atom. The Kier molecular flexibility index (Phi) is 3.70. The Labute approximate surface area is 165 Å². The highest BCUT2D eigenvalue weighted by Crippen LogP contribution is 2.41. The number of hydrogen-bond donors (Lipinski definition) is 0. The van der Waals surface area contributed by atoms with Gasteiger partial charge in [-0.15, -0.1) is 5.10 Å². The second-order valence-electron chi connectivity index (χ2n) is 6.85. The Morgan fingerprint density at radius 2 is 1.89 bits per heavy atom. The molecule has 2 heterocycles. The van der Waals surface area contributed by atoms with E-state index in [1.807, 2.05) is 43.5 Å². The number of rotatable bonds is 2. The molecule has 138 valence electrons. The normalized spacial score (nSPS) is 18.1. The summed E-state index contributed by atoms with van der Waals surface area (Å²) < 4.78 is 7.52. The molecule has 3 aromatic rings. The Morgan fingerprint density at radius 1 is 1.11 bits per heavy atom. The molecule has 1 unspecified atom stereocenters. The lowest BCUT2D eigenvalue weighted by Crippen LogP contribution is -2.30. The van der Waals surface area contributed by atoms with Gasteiger partial charge >= 0.3 is 0 Å². The van der Waals surface area contributed by atoms with Crippen molar-refractivity contribution in [1.82, 2.24) is 15.0 Å². The standard InChI is InChI=1S/C21H14ClN3O3/c1-11-5-7-12(8-6-11)15-9-25(24-23-15)16-10-28-21-17-13(16)3-2-4-14(17)19(26)20(27)18(21)22/h2-9,16H,10H2,1H3. The van der Waals surface area contributed by atoms with Crippen LogP contribution in [0.2, 0.25) is 0 Å². The van der Waals surface area contributed by atoms with E-state index in [-0.39, 0.29) is 23.4 Å². The molecule has 0 N–H and O–H groups in total. The molecular formula is C21H14ClN3O3. The molecular weight excluding hydrogens is 378 g/mol. The van der Waals surface area contributed by atoms with E-state index in [0.29, 0.717) is 11.1 Å².